The lowest BCUT2D eigenvalue weighted by Crippen LogP contribution is -2.09. The minimum absolute atomic E-state index is 1.28. The van der Waals surface area contributed by atoms with Gasteiger partial charge in [-0.25, -0.2) is 8.78 Å². The van der Waals surface area contributed by atoms with Gasteiger partial charge in [-0.1, -0.05) is 23.2 Å². The molecule has 1 rings (SSSR count). The normalized spacial score (nSPS) is 10.9. The van der Waals surface area contributed by atoms with Crippen LogP contribution in [0.2, 0.25) is 0 Å². The second-order valence-electron chi connectivity index (χ2n) is 2.38. The van der Waals surface area contributed by atoms with Gasteiger partial charge in [0.25, 0.3) is 0 Å². The Kier molecular flexibility index (Phi) is 3.51. The lowest BCUT2D eigenvalue weighted by molar-refractivity contribution is 0.297. The van der Waals surface area contributed by atoms with E-state index in [0.29, 0.717) is 0 Å². The maximum atomic E-state index is 13.0. The smallest absolute Gasteiger partial charge is 0.248 e. The summed E-state index contributed by atoms with van der Waals surface area (Å²) in [7, 11) is 0. The predicted octanol–water partition coefficient (Wildman–Crippen LogP) is 2.97. The zero-order valence-electron chi connectivity index (χ0n) is 6.83. The average Bonchev–Trinajstić information content (AvgIpc) is 2.18. The quantitative estimate of drug-likeness (QED) is 0.385. The van der Waals surface area contributed by atoms with Crippen molar-refractivity contribution < 1.29 is 22.3 Å². The summed E-state index contributed by atoms with van der Waals surface area (Å²) in [5, 5.41) is -1.67. The van der Waals surface area contributed by atoms with E-state index in [1.54, 1.807) is 0 Å². The van der Waals surface area contributed by atoms with Crippen LogP contribution >= 0.6 is 23.2 Å². The van der Waals surface area contributed by atoms with Crippen LogP contribution in [-0.4, -0.2) is 5.02 Å². The number of nitrogen functional groups attached to an aromatic ring is 1. The minimum atomic E-state index is -1.79. The van der Waals surface area contributed by atoms with Crippen LogP contribution in [0.1, 0.15) is 0 Å². The van der Waals surface area contributed by atoms with Gasteiger partial charge in [0.2, 0.25) is 22.4 Å². The first-order valence-electron chi connectivity index (χ1n) is 3.42. The predicted molar refractivity (Wildman–Crippen MR) is 46.8 cm³/mol. The fourth-order valence-corrected chi connectivity index (χ4v) is 0.999. The fraction of sp³-hybridized carbons (Fsp3) is 0.143. The van der Waals surface area contributed by atoms with Crippen molar-refractivity contribution in [2.75, 3.05) is 5.73 Å². The molecule has 2 N–H and O–H groups in total. The molecule has 0 aliphatic carbocycles. The van der Waals surface area contributed by atoms with Gasteiger partial charge in [0.05, 0.1) is 0 Å². The van der Waals surface area contributed by atoms with Gasteiger partial charge in [-0.3, -0.25) is 0 Å². The first kappa shape index (κ1) is 12.2. The van der Waals surface area contributed by atoms with Crippen LogP contribution in [0.15, 0.2) is 0 Å². The van der Waals surface area contributed by atoms with E-state index in [9.17, 15) is 17.6 Å². The third kappa shape index (κ3) is 2.21. The van der Waals surface area contributed by atoms with Gasteiger partial charge in [-0.2, -0.15) is 8.78 Å². The molecular formula is C7H3Cl2F4NO. The van der Waals surface area contributed by atoms with Crippen LogP contribution in [0.3, 0.4) is 0 Å². The molecule has 0 aliphatic heterocycles. The highest BCUT2D eigenvalue weighted by Crippen LogP contribution is 2.32. The van der Waals surface area contributed by atoms with Crippen molar-refractivity contribution in [1.82, 2.24) is 0 Å². The summed E-state index contributed by atoms with van der Waals surface area (Å²) in [6.07, 6.45) is 0. The summed E-state index contributed by atoms with van der Waals surface area (Å²) in [4.78, 5) is 0. The lowest BCUT2D eigenvalue weighted by atomic mass is 10.2. The fourth-order valence-electron chi connectivity index (χ4n) is 0.821. The van der Waals surface area contributed by atoms with E-state index in [1.165, 1.54) is 0 Å². The summed E-state index contributed by atoms with van der Waals surface area (Å²) in [5.74, 6) is -8.47. The summed E-state index contributed by atoms with van der Waals surface area (Å²) >= 11 is 10.1. The second-order valence-corrected chi connectivity index (χ2v) is 3.39. The van der Waals surface area contributed by atoms with Crippen molar-refractivity contribution in [1.29, 1.82) is 0 Å². The topological polar surface area (TPSA) is 35.2 Å². The number of ether oxygens (including phenoxy) is 1. The summed E-state index contributed by atoms with van der Waals surface area (Å²) in [5.41, 5.74) is 3.45. The number of rotatable bonds is 2. The Balaban J connectivity index is 3.39. The van der Waals surface area contributed by atoms with E-state index in [2.05, 4.69) is 4.74 Å². The van der Waals surface area contributed by atoms with Crippen LogP contribution < -0.4 is 10.5 Å². The van der Waals surface area contributed by atoms with Crippen molar-refractivity contribution >= 4 is 28.9 Å². The number of halogens is 6. The Morgan fingerprint density at radius 2 is 1.33 bits per heavy atom. The first-order chi connectivity index (χ1) is 6.86. The van der Waals surface area contributed by atoms with E-state index in [4.69, 9.17) is 28.9 Å². The van der Waals surface area contributed by atoms with Crippen molar-refractivity contribution in [3.63, 3.8) is 0 Å². The van der Waals surface area contributed by atoms with E-state index in [-0.39, 0.29) is 0 Å². The molecule has 0 saturated carbocycles. The van der Waals surface area contributed by atoms with Crippen molar-refractivity contribution in [3.05, 3.63) is 23.3 Å². The molecule has 15 heavy (non-hydrogen) atoms. The maximum Gasteiger partial charge on any atom is 0.248 e. The molecule has 0 aliphatic rings. The van der Waals surface area contributed by atoms with E-state index >= 15 is 0 Å². The van der Waals surface area contributed by atoms with Crippen LogP contribution in [0, 0.1) is 23.3 Å². The molecule has 0 heterocycles. The number of hydrogen-bond acceptors (Lipinski definition) is 2. The highest BCUT2D eigenvalue weighted by Gasteiger charge is 2.26. The highest BCUT2D eigenvalue weighted by molar-refractivity contribution is 6.43. The van der Waals surface area contributed by atoms with Gasteiger partial charge in [0.1, 0.15) is 5.69 Å². The largest absolute Gasteiger partial charge is 0.454 e. The molecule has 0 aromatic heterocycles. The van der Waals surface area contributed by atoms with Gasteiger partial charge >= 0.3 is 0 Å². The van der Waals surface area contributed by atoms with Crippen LogP contribution in [0.25, 0.3) is 0 Å². The molecule has 0 unspecified atom stereocenters. The highest BCUT2D eigenvalue weighted by atomic mass is 35.5. The van der Waals surface area contributed by atoms with Gasteiger partial charge in [0, 0.05) is 0 Å². The zero-order chi connectivity index (χ0) is 11.7. The maximum absolute atomic E-state index is 13.0. The number of benzene rings is 1. The van der Waals surface area contributed by atoms with Gasteiger partial charge < -0.3 is 10.5 Å². The number of anilines is 1. The van der Waals surface area contributed by atoms with Crippen molar-refractivity contribution in [3.8, 4) is 5.75 Å². The minimum Gasteiger partial charge on any atom is -0.454 e. The van der Waals surface area contributed by atoms with Gasteiger partial charge in [-0.15, -0.1) is 0 Å². The molecule has 8 heteroatoms. The average molecular weight is 264 g/mol. The third-order valence-corrected chi connectivity index (χ3v) is 1.64. The molecule has 0 amide bonds. The molecule has 0 atom stereocenters. The number of nitrogens with two attached hydrogens (primary N) is 1. The van der Waals surface area contributed by atoms with Crippen LogP contribution in [-0.2, 0) is 0 Å². The van der Waals surface area contributed by atoms with E-state index in [0.717, 1.165) is 0 Å². The Morgan fingerprint density at radius 1 is 0.933 bits per heavy atom. The molecule has 84 valence electrons. The van der Waals surface area contributed by atoms with Crippen molar-refractivity contribution in [2.45, 2.75) is 5.02 Å². The Morgan fingerprint density at radius 3 is 1.67 bits per heavy atom. The summed E-state index contributed by atoms with van der Waals surface area (Å²) in [6.45, 7) is 0. The number of alkyl halides is 2. The molecular weight excluding hydrogens is 261 g/mol. The van der Waals surface area contributed by atoms with Crippen LogP contribution in [0.4, 0.5) is 23.2 Å². The molecule has 2 nitrogen and oxygen atoms in total. The van der Waals surface area contributed by atoms with Gasteiger partial charge in [-0.05, 0) is 0 Å². The Hall–Kier alpha value is -0.880. The first-order valence-corrected chi connectivity index (χ1v) is 4.29. The molecule has 1 aromatic rings. The molecule has 0 bridgehead atoms. The Bertz CT molecular complexity index is 370. The zero-order valence-corrected chi connectivity index (χ0v) is 8.34. The second kappa shape index (κ2) is 4.32. The standard InChI is InChI=1S/C7H3Cl2F4NO/c8-7(9)15-6-3(12)1(10)5(14)2(11)4(6)13/h7H,14H2. The summed E-state index contributed by atoms with van der Waals surface area (Å²) < 4.78 is 55.7. The molecule has 0 fully saturated rings. The molecule has 0 spiro atoms. The van der Waals surface area contributed by atoms with Crippen molar-refractivity contribution in [2.24, 2.45) is 0 Å². The Labute approximate surface area is 91.5 Å². The van der Waals surface area contributed by atoms with Gasteiger partial charge in [0.15, 0.2) is 11.6 Å². The number of hydrogen-bond donors (Lipinski definition) is 1. The van der Waals surface area contributed by atoms with E-state index in [1.807, 2.05) is 0 Å². The SMILES string of the molecule is Nc1c(F)c(F)c(OC(Cl)Cl)c(F)c1F. The monoisotopic (exact) mass is 263 g/mol. The lowest BCUT2D eigenvalue weighted by Gasteiger charge is -2.10. The summed E-state index contributed by atoms with van der Waals surface area (Å²) in [6, 6.07) is 0. The van der Waals surface area contributed by atoms with E-state index < -0.39 is 39.7 Å². The molecule has 0 radical (unpaired) electrons. The molecule has 0 saturated heterocycles. The third-order valence-electron chi connectivity index (χ3n) is 1.46. The van der Waals surface area contributed by atoms with Crippen LogP contribution in [0.5, 0.6) is 5.75 Å². The molecule has 1 aromatic carbocycles.